The molecule has 0 saturated carbocycles. The second-order valence-electron chi connectivity index (χ2n) is 11.0. The van der Waals surface area contributed by atoms with Gasteiger partial charge in [0.1, 0.15) is 6.04 Å². The summed E-state index contributed by atoms with van der Waals surface area (Å²) in [6.07, 6.45) is 24.5. The van der Waals surface area contributed by atoms with Gasteiger partial charge in [-0.2, -0.15) is 0 Å². The van der Waals surface area contributed by atoms with Crippen molar-refractivity contribution in [1.82, 2.24) is 0 Å². The topological polar surface area (TPSA) is 40.1 Å². The van der Waals surface area contributed by atoms with Crippen molar-refractivity contribution in [3.63, 3.8) is 0 Å². The van der Waals surface area contributed by atoms with Crippen LogP contribution in [0, 0.1) is 5.41 Å². The van der Waals surface area contributed by atoms with E-state index in [9.17, 15) is 9.90 Å². The Kier molecular flexibility index (Phi) is 17.6. The minimum atomic E-state index is -0.872. The van der Waals surface area contributed by atoms with Crippen LogP contribution < -0.4 is 5.11 Å². The van der Waals surface area contributed by atoms with Crippen LogP contribution in [-0.4, -0.2) is 37.6 Å². The first-order valence-electron chi connectivity index (χ1n) is 13.8. The molecule has 2 atom stereocenters. The SMILES string of the molecule is CCCCCCCCCCCCCCCCCC(CC)(CCC)C(C(=O)[O-])[N+](C)(C)C. The van der Waals surface area contributed by atoms with Crippen LogP contribution in [0.3, 0.4) is 0 Å². The molecular formula is C28H57NO2. The fourth-order valence-corrected chi connectivity index (χ4v) is 5.68. The van der Waals surface area contributed by atoms with Crippen LogP contribution in [0.25, 0.3) is 0 Å². The van der Waals surface area contributed by atoms with E-state index in [0.717, 1.165) is 32.1 Å². The van der Waals surface area contributed by atoms with Gasteiger partial charge in [0.05, 0.1) is 27.1 Å². The largest absolute Gasteiger partial charge is 0.544 e. The molecule has 0 heterocycles. The van der Waals surface area contributed by atoms with Crippen molar-refractivity contribution in [3.05, 3.63) is 0 Å². The maximum Gasteiger partial charge on any atom is 0.134 e. The average molecular weight is 440 g/mol. The van der Waals surface area contributed by atoms with Gasteiger partial charge in [-0.1, -0.05) is 124 Å². The molecule has 2 unspecified atom stereocenters. The van der Waals surface area contributed by atoms with Gasteiger partial charge in [0.2, 0.25) is 0 Å². The van der Waals surface area contributed by atoms with Crippen molar-refractivity contribution < 1.29 is 14.4 Å². The number of quaternary nitrogens is 1. The summed E-state index contributed by atoms with van der Waals surface area (Å²) < 4.78 is 0.453. The van der Waals surface area contributed by atoms with Crippen LogP contribution >= 0.6 is 0 Å². The fourth-order valence-electron chi connectivity index (χ4n) is 5.68. The lowest BCUT2D eigenvalue weighted by Gasteiger charge is -2.48. The Bertz CT molecular complexity index is 429. The molecule has 0 fully saturated rings. The Hall–Kier alpha value is -0.570. The molecule has 0 amide bonds. The van der Waals surface area contributed by atoms with E-state index in [1.165, 1.54) is 89.9 Å². The quantitative estimate of drug-likeness (QED) is 0.131. The molecule has 3 nitrogen and oxygen atoms in total. The molecule has 0 N–H and O–H groups in total. The van der Waals surface area contributed by atoms with Gasteiger partial charge in [0.25, 0.3) is 0 Å². The van der Waals surface area contributed by atoms with Gasteiger partial charge in [-0.3, -0.25) is 0 Å². The third-order valence-corrected chi connectivity index (χ3v) is 7.31. The Labute approximate surface area is 196 Å². The molecule has 186 valence electrons. The van der Waals surface area contributed by atoms with Crippen LogP contribution in [0.15, 0.2) is 0 Å². The summed E-state index contributed by atoms with van der Waals surface area (Å²) in [5.41, 5.74) is -0.137. The van der Waals surface area contributed by atoms with Crippen molar-refractivity contribution in [1.29, 1.82) is 0 Å². The summed E-state index contributed by atoms with van der Waals surface area (Å²) in [5.74, 6) is -0.872. The first kappa shape index (κ1) is 30.4. The monoisotopic (exact) mass is 439 g/mol. The van der Waals surface area contributed by atoms with E-state index in [0.29, 0.717) is 4.48 Å². The molecule has 31 heavy (non-hydrogen) atoms. The zero-order valence-electron chi connectivity index (χ0n) is 22.3. The Morgan fingerprint density at radius 3 is 1.32 bits per heavy atom. The second kappa shape index (κ2) is 17.9. The first-order chi connectivity index (χ1) is 14.7. The zero-order chi connectivity index (χ0) is 23.6. The van der Waals surface area contributed by atoms with E-state index in [2.05, 4.69) is 20.8 Å². The van der Waals surface area contributed by atoms with Crippen LogP contribution in [0.5, 0.6) is 0 Å². The molecule has 0 aromatic rings. The third kappa shape index (κ3) is 13.5. The molecule has 0 aliphatic rings. The number of unbranched alkanes of at least 4 members (excludes halogenated alkanes) is 14. The summed E-state index contributed by atoms with van der Waals surface area (Å²) in [4.78, 5) is 12.1. The van der Waals surface area contributed by atoms with Crippen LogP contribution in [0.1, 0.15) is 143 Å². The summed E-state index contributed by atoms with van der Waals surface area (Å²) in [7, 11) is 6.02. The number of hydrogen-bond donors (Lipinski definition) is 0. The number of carbonyl (C=O) groups is 1. The fraction of sp³-hybridized carbons (Fsp3) is 0.964. The molecule has 0 aliphatic carbocycles. The lowest BCUT2D eigenvalue weighted by molar-refractivity contribution is -0.897. The highest BCUT2D eigenvalue weighted by Crippen LogP contribution is 2.41. The van der Waals surface area contributed by atoms with Crippen molar-refractivity contribution in [2.24, 2.45) is 5.41 Å². The summed E-state index contributed by atoms with van der Waals surface area (Å²) in [5, 5.41) is 12.1. The maximum absolute atomic E-state index is 12.1. The highest BCUT2D eigenvalue weighted by Gasteiger charge is 2.44. The van der Waals surface area contributed by atoms with E-state index in [-0.39, 0.29) is 5.41 Å². The number of aliphatic carboxylic acids is 1. The molecule has 0 radical (unpaired) electrons. The number of carboxylic acid groups (broad SMARTS) is 1. The van der Waals surface area contributed by atoms with Gasteiger partial charge >= 0.3 is 0 Å². The summed E-state index contributed by atoms with van der Waals surface area (Å²) in [6, 6.07) is -0.427. The number of carbonyl (C=O) groups excluding carboxylic acids is 1. The summed E-state index contributed by atoms with van der Waals surface area (Å²) >= 11 is 0. The van der Waals surface area contributed by atoms with Crippen LogP contribution in [0.4, 0.5) is 0 Å². The predicted molar refractivity (Wildman–Crippen MR) is 134 cm³/mol. The lowest BCUT2D eigenvalue weighted by atomic mass is 9.69. The minimum Gasteiger partial charge on any atom is -0.544 e. The third-order valence-electron chi connectivity index (χ3n) is 7.31. The molecular weight excluding hydrogens is 382 g/mol. The number of nitrogens with zero attached hydrogens (tertiary/aromatic N) is 1. The predicted octanol–water partition coefficient (Wildman–Crippen LogP) is 7.27. The van der Waals surface area contributed by atoms with Crippen molar-refractivity contribution in [2.75, 3.05) is 21.1 Å². The molecule has 0 aromatic heterocycles. The average Bonchev–Trinajstić information content (AvgIpc) is 2.69. The van der Waals surface area contributed by atoms with Crippen LogP contribution in [0.2, 0.25) is 0 Å². The molecule has 0 aliphatic heterocycles. The van der Waals surface area contributed by atoms with Gasteiger partial charge in [-0.25, -0.2) is 0 Å². The molecule has 3 heteroatoms. The van der Waals surface area contributed by atoms with Gasteiger partial charge in [0, 0.05) is 5.41 Å². The minimum absolute atomic E-state index is 0.137. The summed E-state index contributed by atoms with van der Waals surface area (Å²) in [6.45, 7) is 6.63. The van der Waals surface area contributed by atoms with E-state index < -0.39 is 12.0 Å². The standard InChI is InChI=1S/C28H57NO2/c1-7-10-11-12-13-14-15-16-17-18-19-20-21-22-23-25-28(9-3,24-8-2)26(27(30)31)29(4,5)6/h26H,7-25H2,1-6H3. The molecule has 0 saturated heterocycles. The zero-order valence-corrected chi connectivity index (χ0v) is 22.3. The maximum atomic E-state index is 12.1. The Morgan fingerprint density at radius 2 is 1.03 bits per heavy atom. The molecule has 0 bridgehead atoms. The first-order valence-corrected chi connectivity index (χ1v) is 13.8. The number of carboxylic acids is 1. The number of rotatable bonds is 22. The lowest BCUT2D eigenvalue weighted by Crippen LogP contribution is -2.62. The Morgan fingerprint density at radius 1 is 0.645 bits per heavy atom. The van der Waals surface area contributed by atoms with Crippen molar-refractivity contribution in [3.8, 4) is 0 Å². The van der Waals surface area contributed by atoms with Gasteiger partial charge in [0.15, 0.2) is 0 Å². The van der Waals surface area contributed by atoms with E-state index in [1.807, 2.05) is 21.1 Å². The van der Waals surface area contributed by atoms with Gasteiger partial charge < -0.3 is 14.4 Å². The van der Waals surface area contributed by atoms with Gasteiger partial charge in [-0.05, 0) is 19.3 Å². The molecule has 0 rings (SSSR count). The number of likely N-dealkylation sites (N-methyl/N-ethyl adjacent to an activating group) is 1. The Balaban J connectivity index is 4.03. The normalized spacial score (nSPS) is 15.0. The van der Waals surface area contributed by atoms with Crippen molar-refractivity contribution >= 4 is 5.97 Å². The van der Waals surface area contributed by atoms with E-state index in [4.69, 9.17) is 0 Å². The highest BCUT2D eigenvalue weighted by molar-refractivity contribution is 5.71. The van der Waals surface area contributed by atoms with E-state index >= 15 is 0 Å². The highest BCUT2D eigenvalue weighted by atomic mass is 16.4. The van der Waals surface area contributed by atoms with Crippen molar-refractivity contribution in [2.45, 2.75) is 149 Å². The van der Waals surface area contributed by atoms with E-state index in [1.54, 1.807) is 0 Å². The molecule has 0 spiro atoms. The molecule has 0 aromatic carbocycles. The number of hydrogen-bond acceptors (Lipinski definition) is 2. The smallest absolute Gasteiger partial charge is 0.134 e. The second-order valence-corrected chi connectivity index (χ2v) is 11.0. The van der Waals surface area contributed by atoms with Gasteiger partial charge in [-0.15, -0.1) is 0 Å². The van der Waals surface area contributed by atoms with Crippen LogP contribution in [-0.2, 0) is 4.79 Å².